The summed E-state index contributed by atoms with van der Waals surface area (Å²) in [4.78, 5) is 55.8. The van der Waals surface area contributed by atoms with Crippen LogP contribution in [0.15, 0.2) is 48.5 Å². The fraction of sp³-hybridized carbons (Fsp3) is 0.484. The normalized spacial score (nSPS) is 22.1. The second kappa shape index (κ2) is 11.0. The van der Waals surface area contributed by atoms with E-state index in [2.05, 4.69) is 5.32 Å². The number of ether oxygens (including phenoxy) is 1. The zero-order valence-electron chi connectivity index (χ0n) is 23.3. The Morgan fingerprint density at radius 1 is 1.12 bits per heavy atom. The van der Waals surface area contributed by atoms with Gasteiger partial charge in [-0.1, -0.05) is 43.3 Å². The number of nitrogens with zero attached hydrogens (tertiary/aromatic N) is 2. The number of hydrogen-bond donors (Lipinski definition) is 2. The number of imide groups is 1. The molecule has 40 heavy (non-hydrogen) atoms. The van der Waals surface area contributed by atoms with Crippen LogP contribution >= 0.6 is 0 Å². The molecular weight excluding hydrogens is 510 g/mol. The minimum atomic E-state index is -1.48. The summed E-state index contributed by atoms with van der Waals surface area (Å²) in [7, 11) is 0. The summed E-state index contributed by atoms with van der Waals surface area (Å²) in [6.07, 6.45) is 2.01. The Bertz CT molecular complexity index is 1310. The lowest BCUT2D eigenvalue weighted by atomic mass is 9.94. The van der Waals surface area contributed by atoms with Gasteiger partial charge in [-0.2, -0.15) is 0 Å². The van der Waals surface area contributed by atoms with Crippen molar-refractivity contribution in [3.8, 4) is 0 Å². The molecule has 4 unspecified atom stereocenters. The maximum Gasteiger partial charge on any atom is 0.418 e. The van der Waals surface area contributed by atoms with Gasteiger partial charge in [-0.15, -0.1) is 0 Å². The average Bonchev–Trinajstić information content (AvgIpc) is 3.71. The molecule has 1 spiro atoms. The molecule has 4 amide bonds. The lowest BCUT2D eigenvalue weighted by Gasteiger charge is -2.30. The molecule has 9 nitrogen and oxygen atoms in total. The van der Waals surface area contributed by atoms with Crippen LogP contribution < -0.4 is 5.32 Å². The molecule has 4 atom stereocenters. The van der Waals surface area contributed by atoms with Crippen LogP contribution in [0.1, 0.15) is 67.1 Å². The highest BCUT2D eigenvalue weighted by Crippen LogP contribution is 2.45. The van der Waals surface area contributed by atoms with Crippen molar-refractivity contribution in [2.75, 3.05) is 13.2 Å². The number of aliphatic hydroxyl groups excluding tert-OH is 1. The number of amides is 4. The number of rotatable bonds is 10. The van der Waals surface area contributed by atoms with Crippen molar-refractivity contribution >= 4 is 23.8 Å². The third-order valence-electron chi connectivity index (χ3n) is 8.73. The molecule has 2 fully saturated rings. The number of nitrogens with one attached hydrogen (secondary N) is 1. The molecule has 1 heterocycles. The molecule has 1 saturated heterocycles. The van der Waals surface area contributed by atoms with E-state index in [9.17, 15) is 24.3 Å². The van der Waals surface area contributed by atoms with Crippen LogP contribution in [0.3, 0.4) is 0 Å². The molecule has 9 heteroatoms. The molecule has 5 rings (SSSR count). The first-order valence-corrected chi connectivity index (χ1v) is 14.1. The number of benzene rings is 2. The van der Waals surface area contributed by atoms with Crippen LogP contribution in [0, 0.1) is 11.8 Å². The van der Waals surface area contributed by atoms with Gasteiger partial charge in [-0.3, -0.25) is 14.4 Å². The maximum absolute atomic E-state index is 13.7. The van der Waals surface area contributed by atoms with Gasteiger partial charge in [0.2, 0.25) is 11.5 Å². The van der Waals surface area contributed by atoms with Gasteiger partial charge in [0.25, 0.3) is 11.8 Å². The van der Waals surface area contributed by atoms with Crippen molar-refractivity contribution in [3.05, 3.63) is 70.8 Å². The van der Waals surface area contributed by atoms with E-state index in [1.165, 1.54) is 0 Å². The predicted molar refractivity (Wildman–Crippen MR) is 147 cm³/mol. The van der Waals surface area contributed by atoms with E-state index in [1.54, 1.807) is 23.1 Å². The molecule has 0 bridgehead atoms. The van der Waals surface area contributed by atoms with Crippen LogP contribution in [0.5, 0.6) is 0 Å². The van der Waals surface area contributed by atoms with Crippen molar-refractivity contribution in [2.24, 2.45) is 11.8 Å². The fourth-order valence-corrected chi connectivity index (χ4v) is 5.68. The standard InChI is InChI=1S/C31H37N3O6/c1-19(18-35)20(2)32-28(37)25-11-12-26-24(15-25)13-14-31(26)29(38)34(30(39)40-31)17-27(36)33(21(3)23-9-10-23)16-22-7-5-4-6-8-22/h4-8,11-12,15,19-21,23,35H,9-10,13-14,16-18H2,1-3H3,(H,32,37). The molecule has 2 aromatic rings. The monoisotopic (exact) mass is 547 g/mol. The first-order chi connectivity index (χ1) is 19.1. The Morgan fingerprint density at radius 2 is 1.85 bits per heavy atom. The van der Waals surface area contributed by atoms with Crippen LogP contribution in [-0.2, 0) is 32.9 Å². The van der Waals surface area contributed by atoms with Crippen molar-refractivity contribution in [1.82, 2.24) is 15.1 Å². The summed E-state index contributed by atoms with van der Waals surface area (Å²) < 4.78 is 5.73. The SMILES string of the molecule is CC(CO)C(C)NC(=O)c1ccc2c(c1)CCC21OC(=O)N(CC(=O)N(Cc2ccccc2)C(C)C2CC2)C1=O. The number of aryl methyl sites for hydroxylation is 1. The van der Waals surface area contributed by atoms with Gasteiger partial charge in [-0.05, 0) is 68.2 Å². The van der Waals surface area contributed by atoms with Crippen molar-refractivity contribution in [2.45, 2.75) is 70.7 Å². The molecule has 2 N–H and O–H groups in total. The van der Waals surface area contributed by atoms with E-state index in [-0.39, 0.29) is 49.4 Å². The first-order valence-electron chi connectivity index (χ1n) is 14.1. The van der Waals surface area contributed by atoms with Gasteiger partial charge in [0.1, 0.15) is 6.54 Å². The van der Waals surface area contributed by atoms with E-state index in [0.29, 0.717) is 30.0 Å². The van der Waals surface area contributed by atoms with Crippen LogP contribution in [-0.4, -0.2) is 64.0 Å². The second-order valence-corrected chi connectivity index (χ2v) is 11.5. The molecule has 0 aromatic heterocycles. The minimum Gasteiger partial charge on any atom is -0.427 e. The van der Waals surface area contributed by atoms with E-state index < -0.39 is 17.6 Å². The van der Waals surface area contributed by atoms with Gasteiger partial charge in [0, 0.05) is 42.8 Å². The fourth-order valence-electron chi connectivity index (χ4n) is 5.68. The summed E-state index contributed by atoms with van der Waals surface area (Å²) in [6.45, 7) is 5.70. The van der Waals surface area contributed by atoms with E-state index in [0.717, 1.165) is 28.9 Å². The third kappa shape index (κ3) is 5.22. The van der Waals surface area contributed by atoms with Crippen LogP contribution in [0.2, 0.25) is 0 Å². The molecule has 1 saturated carbocycles. The van der Waals surface area contributed by atoms with E-state index in [1.807, 2.05) is 51.1 Å². The number of carbonyl (C=O) groups excluding carboxylic acids is 4. The highest BCUT2D eigenvalue weighted by molar-refractivity contribution is 6.06. The smallest absolute Gasteiger partial charge is 0.418 e. The Morgan fingerprint density at radius 3 is 2.52 bits per heavy atom. The number of aliphatic hydroxyl groups is 1. The highest BCUT2D eigenvalue weighted by Gasteiger charge is 2.58. The number of carbonyl (C=O) groups is 4. The Labute approximate surface area is 234 Å². The highest BCUT2D eigenvalue weighted by atomic mass is 16.6. The second-order valence-electron chi connectivity index (χ2n) is 11.5. The summed E-state index contributed by atoms with van der Waals surface area (Å²) >= 11 is 0. The zero-order chi connectivity index (χ0) is 28.6. The third-order valence-corrected chi connectivity index (χ3v) is 8.73. The van der Waals surface area contributed by atoms with Gasteiger partial charge < -0.3 is 20.1 Å². The van der Waals surface area contributed by atoms with Gasteiger partial charge >= 0.3 is 6.09 Å². The topological polar surface area (TPSA) is 116 Å². The molecule has 2 aliphatic carbocycles. The molecule has 0 radical (unpaired) electrons. The van der Waals surface area contributed by atoms with E-state index >= 15 is 0 Å². The van der Waals surface area contributed by atoms with Crippen molar-refractivity contribution in [1.29, 1.82) is 0 Å². The summed E-state index contributed by atoms with van der Waals surface area (Å²) in [6, 6.07) is 14.5. The van der Waals surface area contributed by atoms with E-state index in [4.69, 9.17) is 4.74 Å². The van der Waals surface area contributed by atoms with Crippen molar-refractivity contribution in [3.63, 3.8) is 0 Å². The summed E-state index contributed by atoms with van der Waals surface area (Å²) in [5.74, 6) is -0.778. The Kier molecular flexibility index (Phi) is 7.68. The predicted octanol–water partition coefficient (Wildman–Crippen LogP) is 3.38. The molecule has 2 aromatic carbocycles. The Hall–Kier alpha value is -3.72. The molecule has 212 valence electrons. The van der Waals surface area contributed by atoms with Gasteiger partial charge in [0.15, 0.2) is 0 Å². The average molecular weight is 548 g/mol. The van der Waals surface area contributed by atoms with Crippen LogP contribution in [0.4, 0.5) is 4.79 Å². The van der Waals surface area contributed by atoms with Gasteiger partial charge in [0.05, 0.1) is 0 Å². The molecule has 3 aliphatic rings. The lowest BCUT2D eigenvalue weighted by Crippen LogP contribution is -2.47. The summed E-state index contributed by atoms with van der Waals surface area (Å²) in [5.41, 5.74) is 1.26. The number of hydrogen-bond acceptors (Lipinski definition) is 6. The largest absolute Gasteiger partial charge is 0.427 e. The zero-order valence-corrected chi connectivity index (χ0v) is 23.3. The Balaban J connectivity index is 1.32. The van der Waals surface area contributed by atoms with Gasteiger partial charge in [-0.25, -0.2) is 9.69 Å². The quantitative estimate of drug-likeness (QED) is 0.471. The summed E-state index contributed by atoms with van der Waals surface area (Å²) in [5, 5.41) is 12.2. The number of fused-ring (bicyclic) bond motifs is 2. The molecular formula is C31H37N3O6. The maximum atomic E-state index is 13.7. The molecule has 1 aliphatic heterocycles. The first kappa shape index (κ1) is 27.8. The minimum absolute atomic E-state index is 0.00440. The van der Waals surface area contributed by atoms with Crippen molar-refractivity contribution < 1.29 is 29.0 Å². The lowest BCUT2D eigenvalue weighted by molar-refractivity contribution is -0.143. The van der Waals surface area contributed by atoms with Crippen LogP contribution in [0.25, 0.3) is 0 Å².